The van der Waals surface area contributed by atoms with E-state index in [2.05, 4.69) is 0 Å². The molecule has 0 spiro atoms. The standard InChI is InChI=1S/C16H16F5NO3/c17-9-3-4-10(11(18)7-9)15(5-1-2-6-15)14(25)22-12(13(23)24)8-16(19,20)21/h3-4,7,12H,1-2,5-6,8H2,(H,22,25)(H,23,24). The lowest BCUT2D eigenvalue weighted by atomic mass is 9.77. The van der Waals surface area contributed by atoms with Gasteiger partial charge in [-0.25, -0.2) is 13.6 Å². The van der Waals surface area contributed by atoms with E-state index in [1.54, 1.807) is 0 Å². The third kappa shape index (κ3) is 4.26. The molecule has 0 saturated heterocycles. The fourth-order valence-electron chi connectivity index (χ4n) is 3.20. The summed E-state index contributed by atoms with van der Waals surface area (Å²) in [5.74, 6) is -4.67. The van der Waals surface area contributed by atoms with Gasteiger partial charge in [0.25, 0.3) is 0 Å². The SMILES string of the molecule is O=C(O)C(CC(F)(F)F)NC(=O)C1(c2ccc(F)cc2F)CCCC1. The molecule has 138 valence electrons. The van der Waals surface area contributed by atoms with Gasteiger partial charge in [0.15, 0.2) is 0 Å². The van der Waals surface area contributed by atoms with Gasteiger partial charge >= 0.3 is 12.1 Å². The van der Waals surface area contributed by atoms with Crippen LogP contribution in [0, 0.1) is 11.6 Å². The van der Waals surface area contributed by atoms with E-state index in [1.165, 1.54) is 0 Å². The first-order valence-electron chi connectivity index (χ1n) is 7.61. The number of amides is 1. The summed E-state index contributed by atoms with van der Waals surface area (Å²) in [6, 6.07) is 0.451. The minimum atomic E-state index is -4.79. The van der Waals surface area contributed by atoms with Crippen LogP contribution in [0.3, 0.4) is 0 Å². The van der Waals surface area contributed by atoms with Gasteiger partial charge in [-0.15, -0.1) is 0 Å². The van der Waals surface area contributed by atoms with E-state index in [9.17, 15) is 31.5 Å². The van der Waals surface area contributed by atoms with E-state index in [0.717, 1.165) is 12.1 Å². The third-order valence-corrected chi connectivity index (χ3v) is 4.38. The molecule has 4 nitrogen and oxygen atoms in total. The monoisotopic (exact) mass is 365 g/mol. The highest BCUT2D eigenvalue weighted by molar-refractivity contribution is 5.91. The van der Waals surface area contributed by atoms with Crippen molar-refractivity contribution in [3.8, 4) is 0 Å². The number of nitrogens with one attached hydrogen (secondary N) is 1. The predicted molar refractivity (Wildman–Crippen MR) is 76.7 cm³/mol. The quantitative estimate of drug-likeness (QED) is 0.787. The van der Waals surface area contributed by atoms with Crippen molar-refractivity contribution < 1.29 is 36.6 Å². The summed E-state index contributed by atoms with van der Waals surface area (Å²) in [5.41, 5.74) is -1.64. The first kappa shape index (κ1) is 19.1. The normalized spacial score (nSPS) is 18.0. The van der Waals surface area contributed by atoms with Gasteiger partial charge in [-0.1, -0.05) is 18.9 Å². The van der Waals surface area contributed by atoms with Gasteiger partial charge in [0.1, 0.15) is 17.7 Å². The molecule has 0 heterocycles. The van der Waals surface area contributed by atoms with E-state index >= 15 is 0 Å². The molecule has 2 N–H and O–H groups in total. The highest BCUT2D eigenvalue weighted by Gasteiger charge is 2.46. The number of halogens is 5. The van der Waals surface area contributed by atoms with Gasteiger partial charge in [0.05, 0.1) is 11.8 Å². The zero-order valence-corrected chi connectivity index (χ0v) is 13.0. The molecule has 1 aromatic carbocycles. The molecule has 0 aromatic heterocycles. The Morgan fingerprint density at radius 3 is 2.28 bits per heavy atom. The van der Waals surface area contributed by atoms with E-state index in [0.29, 0.717) is 18.9 Å². The summed E-state index contributed by atoms with van der Waals surface area (Å²) < 4.78 is 64.8. The van der Waals surface area contributed by atoms with Gasteiger partial charge in [-0.2, -0.15) is 13.2 Å². The van der Waals surface area contributed by atoms with Crippen LogP contribution in [0.2, 0.25) is 0 Å². The van der Waals surface area contributed by atoms with Crippen LogP contribution in [0.4, 0.5) is 22.0 Å². The fourth-order valence-corrected chi connectivity index (χ4v) is 3.20. The molecule has 1 aromatic rings. The van der Waals surface area contributed by atoms with Crippen LogP contribution >= 0.6 is 0 Å². The lowest BCUT2D eigenvalue weighted by Gasteiger charge is -2.30. The average Bonchev–Trinajstić information content (AvgIpc) is 2.95. The number of carbonyl (C=O) groups is 2. The second-order valence-electron chi connectivity index (χ2n) is 6.10. The lowest BCUT2D eigenvalue weighted by Crippen LogP contribution is -2.51. The van der Waals surface area contributed by atoms with Crippen molar-refractivity contribution in [3.63, 3.8) is 0 Å². The number of benzene rings is 1. The largest absolute Gasteiger partial charge is 0.480 e. The van der Waals surface area contributed by atoms with Crippen LogP contribution in [-0.4, -0.2) is 29.2 Å². The number of hydrogen-bond donors (Lipinski definition) is 2. The van der Waals surface area contributed by atoms with Crippen molar-refractivity contribution in [2.45, 2.75) is 49.7 Å². The molecule has 1 aliphatic rings. The van der Waals surface area contributed by atoms with Gasteiger partial charge in [0, 0.05) is 11.6 Å². The van der Waals surface area contributed by atoms with Gasteiger partial charge < -0.3 is 10.4 Å². The number of alkyl halides is 3. The maximum absolute atomic E-state index is 14.2. The second-order valence-corrected chi connectivity index (χ2v) is 6.10. The molecule has 9 heteroatoms. The van der Waals surface area contributed by atoms with Crippen LogP contribution in [0.5, 0.6) is 0 Å². The maximum Gasteiger partial charge on any atom is 0.391 e. The summed E-state index contributed by atoms with van der Waals surface area (Å²) in [4.78, 5) is 23.6. The Kier molecular flexibility index (Phi) is 5.34. The van der Waals surface area contributed by atoms with Crippen molar-refractivity contribution >= 4 is 11.9 Å². The molecule has 0 radical (unpaired) electrons. The van der Waals surface area contributed by atoms with E-state index in [1.807, 2.05) is 5.32 Å². The number of hydrogen-bond acceptors (Lipinski definition) is 2. The summed E-state index contributed by atoms with van der Waals surface area (Å²) in [7, 11) is 0. The molecular formula is C16H16F5NO3. The van der Waals surface area contributed by atoms with Crippen LogP contribution in [0.1, 0.15) is 37.7 Å². The zero-order valence-electron chi connectivity index (χ0n) is 13.0. The average molecular weight is 365 g/mol. The Hall–Kier alpha value is -2.19. The Balaban J connectivity index is 2.33. The Bertz CT molecular complexity index is 668. The highest BCUT2D eigenvalue weighted by atomic mass is 19.4. The van der Waals surface area contributed by atoms with Gasteiger partial charge in [-0.05, 0) is 18.9 Å². The number of aliphatic carboxylic acids is 1. The van der Waals surface area contributed by atoms with Crippen LogP contribution in [-0.2, 0) is 15.0 Å². The van der Waals surface area contributed by atoms with Crippen LogP contribution in [0.15, 0.2) is 18.2 Å². The van der Waals surface area contributed by atoms with Crippen molar-refractivity contribution in [2.75, 3.05) is 0 Å². The van der Waals surface area contributed by atoms with E-state index in [-0.39, 0.29) is 18.4 Å². The summed E-state index contributed by atoms with van der Waals surface area (Å²) in [6.07, 6.45) is -5.22. The summed E-state index contributed by atoms with van der Waals surface area (Å²) >= 11 is 0. The molecule has 0 bridgehead atoms. The molecule has 1 aliphatic carbocycles. The number of carboxylic acids is 1. The Morgan fingerprint density at radius 2 is 1.80 bits per heavy atom. The van der Waals surface area contributed by atoms with Crippen LogP contribution < -0.4 is 5.32 Å². The number of rotatable bonds is 5. The van der Waals surface area contributed by atoms with Crippen LogP contribution in [0.25, 0.3) is 0 Å². The minimum Gasteiger partial charge on any atom is -0.480 e. The summed E-state index contributed by atoms with van der Waals surface area (Å²) in [6.45, 7) is 0. The smallest absolute Gasteiger partial charge is 0.391 e. The van der Waals surface area contributed by atoms with Crippen molar-refractivity contribution in [1.29, 1.82) is 0 Å². The van der Waals surface area contributed by atoms with Gasteiger partial charge in [-0.3, -0.25) is 4.79 Å². The molecule has 25 heavy (non-hydrogen) atoms. The molecule has 1 atom stereocenters. The molecule has 1 saturated carbocycles. The maximum atomic E-state index is 14.2. The molecule has 1 amide bonds. The molecule has 2 rings (SSSR count). The number of carboxylic acid groups (broad SMARTS) is 1. The number of carbonyl (C=O) groups excluding carboxylic acids is 1. The Morgan fingerprint density at radius 1 is 1.20 bits per heavy atom. The first-order valence-corrected chi connectivity index (χ1v) is 7.61. The van der Waals surface area contributed by atoms with E-state index < -0.39 is 47.6 Å². The van der Waals surface area contributed by atoms with Crippen molar-refractivity contribution in [3.05, 3.63) is 35.4 Å². The molecule has 1 unspecified atom stereocenters. The zero-order chi connectivity index (χ0) is 18.8. The predicted octanol–water partition coefficient (Wildman–Crippen LogP) is 3.30. The second kappa shape index (κ2) is 6.97. The highest BCUT2D eigenvalue weighted by Crippen LogP contribution is 2.42. The Labute approximate surface area is 140 Å². The fraction of sp³-hybridized carbons (Fsp3) is 0.500. The molecule has 0 aliphatic heterocycles. The first-order chi connectivity index (χ1) is 11.5. The molecular weight excluding hydrogens is 349 g/mol. The lowest BCUT2D eigenvalue weighted by molar-refractivity contribution is -0.160. The summed E-state index contributed by atoms with van der Waals surface area (Å²) in [5, 5.41) is 10.8. The van der Waals surface area contributed by atoms with Gasteiger partial charge in [0.2, 0.25) is 5.91 Å². The third-order valence-electron chi connectivity index (χ3n) is 4.38. The molecule has 1 fully saturated rings. The van der Waals surface area contributed by atoms with Crippen molar-refractivity contribution in [1.82, 2.24) is 5.32 Å². The topological polar surface area (TPSA) is 66.4 Å². The minimum absolute atomic E-state index is 0.139. The van der Waals surface area contributed by atoms with E-state index in [4.69, 9.17) is 5.11 Å². The van der Waals surface area contributed by atoms with Crippen molar-refractivity contribution in [2.24, 2.45) is 0 Å².